The van der Waals surface area contributed by atoms with Crippen molar-refractivity contribution >= 4 is 67.7 Å². The molecule has 12 nitrogen and oxygen atoms in total. The number of hydrogen-bond acceptors (Lipinski definition) is 10. The van der Waals surface area contributed by atoms with E-state index in [4.69, 9.17) is 16.3 Å². The minimum Gasteiger partial charge on any atom is -0.494 e. The number of aromatic nitrogens is 2. The molecule has 242 valence electrons. The zero-order valence-electron chi connectivity index (χ0n) is 26.3. The summed E-state index contributed by atoms with van der Waals surface area (Å²) in [5.41, 5.74) is 3.40. The normalized spacial score (nSPS) is 11.1. The third kappa shape index (κ3) is 8.65. The van der Waals surface area contributed by atoms with Crippen LogP contribution in [0.2, 0.25) is 5.02 Å². The van der Waals surface area contributed by atoms with Crippen LogP contribution >= 0.6 is 11.6 Å². The van der Waals surface area contributed by atoms with Gasteiger partial charge in [-0.3, -0.25) is 9.52 Å². The predicted molar refractivity (Wildman–Crippen MR) is 186 cm³/mol. The maximum atomic E-state index is 13.1. The average Bonchev–Trinajstić information content (AvgIpc) is 3.02. The molecule has 0 aliphatic carbocycles. The van der Waals surface area contributed by atoms with E-state index < -0.39 is 10.0 Å². The van der Waals surface area contributed by atoms with E-state index in [-0.39, 0.29) is 27.6 Å². The number of nitrogens with zero attached hydrogens (tertiary/aromatic N) is 4. The van der Waals surface area contributed by atoms with E-state index in [0.29, 0.717) is 35.0 Å². The Balaban J connectivity index is 1.64. The molecule has 0 radical (unpaired) electrons. The smallest absolute Gasteiger partial charge is 0.261 e. The highest BCUT2D eigenvalue weighted by Gasteiger charge is 2.19. The molecule has 1 heterocycles. The van der Waals surface area contributed by atoms with Crippen molar-refractivity contribution in [3.05, 3.63) is 90.1 Å². The third-order valence-electron chi connectivity index (χ3n) is 6.80. The quantitative estimate of drug-likeness (QED) is 0.121. The molecule has 4 N–H and O–H groups in total. The second-order valence-electron chi connectivity index (χ2n) is 10.6. The van der Waals surface area contributed by atoms with Gasteiger partial charge in [-0.15, -0.1) is 0 Å². The van der Waals surface area contributed by atoms with Gasteiger partial charge in [0, 0.05) is 26.2 Å². The molecule has 46 heavy (non-hydrogen) atoms. The molecule has 0 spiro atoms. The fraction of sp³-hybridized carbons (Fsp3) is 0.219. The molecular weight excluding hydrogens is 628 g/mol. The van der Waals surface area contributed by atoms with Crippen LogP contribution in [0.25, 0.3) is 0 Å². The van der Waals surface area contributed by atoms with Gasteiger partial charge in [0.1, 0.15) is 10.8 Å². The summed E-state index contributed by atoms with van der Waals surface area (Å²) in [7, 11) is 3.57. The summed E-state index contributed by atoms with van der Waals surface area (Å²) < 4.78 is 34.5. The molecule has 0 atom stereocenters. The minimum atomic E-state index is -3.87. The highest BCUT2D eigenvalue weighted by atomic mass is 35.5. The van der Waals surface area contributed by atoms with Crippen LogP contribution in [0.1, 0.15) is 5.56 Å². The van der Waals surface area contributed by atoms with Crippen LogP contribution in [-0.4, -0.2) is 70.5 Å². The maximum Gasteiger partial charge on any atom is 0.261 e. The number of amides is 1. The molecule has 1 amide bonds. The molecule has 4 aromatic rings. The minimum absolute atomic E-state index is 0.131. The van der Waals surface area contributed by atoms with Gasteiger partial charge in [-0.2, -0.15) is 4.98 Å². The molecule has 0 aliphatic rings. The lowest BCUT2D eigenvalue weighted by atomic mass is 10.2. The van der Waals surface area contributed by atoms with Gasteiger partial charge in [0.05, 0.1) is 46.6 Å². The van der Waals surface area contributed by atoms with Crippen LogP contribution in [0.15, 0.2) is 84.4 Å². The van der Waals surface area contributed by atoms with Gasteiger partial charge < -0.3 is 30.5 Å². The number of para-hydroxylation sites is 2. The molecule has 0 saturated carbocycles. The van der Waals surface area contributed by atoms with Crippen LogP contribution in [0.5, 0.6) is 5.75 Å². The van der Waals surface area contributed by atoms with E-state index in [1.165, 1.54) is 19.4 Å². The Morgan fingerprint density at radius 3 is 2.33 bits per heavy atom. The molecule has 0 bridgehead atoms. The second kappa shape index (κ2) is 15.0. The number of ether oxygens (including phenoxy) is 1. The van der Waals surface area contributed by atoms with E-state index in [1.54, 1.807) is 54.6 Å². The molecule has 3 aromatic carbocycles. The summed E-state index contributed by atoms with van der Waals surface area (Å²) in [5.74, 6) is 0.495. The van der Waals surface area contributed by atoms with Crippen molar-refractivity contribution < 1.29 is 17.9 Å². The van der Waals surface area contributed by atoms with Gasteiger partial charge in [0.15, 0.2) is 5.82 Å². The van der Waals surface area contributed by atoms with Crippen molar-refractivity contribution in [3.8, 4) is 5.75 Å². The van der Waals surface area contributed by atoms with E-state index >= 15 is 0 Å². The van der Waals surface area contributed by atoms with Crippen molar-refractivity contribution in [3.63, 3.8) is 0 Å². The Morgan fingerprint density at radius 2 is 1.67 bits per heavy atom. The fourth-order valence-corrected chi connectivity index (χ4v) is 5.49. The van der Waals surface area contributed by atoms with Gasteiger partial charge in [-0.05, 0) is 57.4 Å². The summed E-state index contributed by atoms with van der Waals surface area (Å²) in [6, 6.07) is 16.9. The number of nitrogens with one attached hydrogen (secondary N) is 4. The first-order valence-electron chi connectivity index (χ1n) is 14.2. The summed E-state index contributed by atoms with van der Waals surface area (Å²) in [5, 5.41) is 9.31. The van der Waals surface area contributed by atoms with Crippen LogP contribution in [0, 0.1) is 6.92 Å². The molecule has 4 rings (SSSR count). The number of carbonyl (C=O) groups is 1. The van der Waals surface area contributed by atoms with E-state index in [2.05, 4.69) is 42.1 Å². The lowest BCUT2D eigenvalue weighted by molar-refractivity contribution is -0.111. The number of carbonyl (C=O) groups excluding carboxylic acids is 1. The van der Waals surface area contributed by atoms with Crippen LogP contribution in [0.4, 0.5) is 40.2 Å². The van der Waals surface area contributed by atoms with Crippen molar-refractivity contribution in [1.82, 2.24) is 14.9 Å². The number of halogens is 1. The van der Waals surface area contributed by atoms with Gasteiger partial charge in [0.25, 0.3) is 10.0 Å². The Kier molecular flexibility index (Phi) is 11.1. The highest BCUT2D eigenvalue weighted by Crippen LogP contribution is 2.38. The molecule has 14 heteroatoms. The lowest BCUT2D eigenvalue weighted by Crippen LogP contribution is -2.29. The monoisotopic (exact) mass is 664 g/mol. The average molecular weight is 665 g/mol. The van der Waals surface area contributed by atoms with E-state index in [1.807, 2.05) is 39.0 Å². The molecule has 0 fully saturated rings. The van der Waals surface area contributed by atoms with Crippen molar-refractivity contribution in [2.24, 2.45) is 0 Å². The van der Waals surface area contributed by atoms with E-state index in [9.17, 15) is 13.2 Å². The summed E-state index contributed by atoms with van der Waals surface area (Å²) >= 11 is 6.47. The first-order chi connectivity index (χ1) is 21.9. The SMILES string of the molecule is C=CC(=O)Nc1cc(Nc2ncc(Cl)c(Nc3ccccc3NS(=O)(=O)c3ccc(C)cc3)n2)c(OC)cc1N(C)CCN(C)C. The first kappa shape index (κ1) is 34.0. The number of aryl methyl sites for hydroxylation is 1. The number of hydrogen-bond donors (Lipinski definition) is 4. The molecule has 0 unspecified atom stereocenters. The number of rotatable bonds is 14. The zero-order chi connectivity index (χ0) is 33.4. The largest absolute Gasteiger partial charge is 0.494 e. The van der Waals surface area contributed by atoms with Crippen molar-refractivity contribution in [1.29, 1.82) is 0 Å². The predicted octanol–water partition coefficient (Wildman–Crippen LogP) is 5.86. The van der Waals surface area contributed by atoms with Gasteiger partial charge >= 0.3 is 0 Å². The molecule has 0 saturated heterocycles. The summed E-state index contributed by atoms with van der Waals surface area (Å²) in [4.78, 5) is 25.4. The number of likely N-dealkylation sites (N-methyl/N-ethyl adjacent to an activating group) is 2. The lowest BCUT2D eigenvalue weighted by Gasteiger charge is -2.26. The number of benzene rings is 3. The van der Waals surface area contributed by atoms with Crippen molar-refractivity contribution in [2.75, 3.05) is 66.9 Å². The van der Waals surface area contributed by atoms with Crippen molar-refractivity contribution in [2.45, 2.75) is 11.8 Å². The Morgan fingerprint density at radius 1 is 0.978 bits per heavy atom. The molecule has 1 aromatic heterocycles. The zero-order valence-corrected chi connectivity index (χ0v) is 27.8. The third-order valence-corrected chi connectivity index (χ3v) is 8.46. The maximum absolute atomic E-state index is 13.1. The highest BCUT2D eigenvalue weighted by molar-refractivity contribution is 7.92. The van der Waals surface area contributed by atoms with Gasteiger partial charge in [-0.1, -0.05) is 48.0 Å². The molecule has 0 aliphatic heterocycles. The topological polar surface area (TPSA) is 141 Å². The number of sulfonamides is 1. The van der Waals surface area contributed by atoms with Crippen LogP contribution < -0.4 is 30.3 Å². The van der Waals surface area contributed by atoms with E-state index in [0.717, 1.165) is 17.8 Å². The first-order valence-corrected chi connectivity index (χ1v) is 16.0. The van der Waals surface area contributed by atoms with Crippen LogP contribution in [-0.2, 0) is 14.8 Å². The molecular formula is C32H37ClN8O4S. The number of methoxy groups -OCH3 is 1. The van der Waals surface area contributed by atoms with Crippen LogP contribution in [0.3, 0.4) is 0 Å². The Hall–Kier alpha value is -4.85. The summed E-state index contributed by atoms with van der Waals surface area (Å²) in [6.07, 6.45) is 2.61. The van der Waals surface area contributed by atoms with Gasteiger partial charge in [0.2, 0.25) is 11.9 Å². The standard InChI is InChI=1S/C32H37ClN8O4S/c1-7-30(42)35-26-18-27(29(45-6)19-28(26)41(5)17-16-40(3)4)37-32-34-20-23(33)31(38-32)36-24-10-8-9-11-25(24)39-46(43,44)22-14-12-21(2)13-15-22/h7-15,18-20,39H,1,16-17H2,2-6H3,(H,35,42)(H2,34,36,37,38). The second-order valence-corrected chi connectivity index (χ2v) is 12.7. The summed E-state index contributed by atoms with van der Waals surface area (Å²) in [6.45, 7) is 6.93. The fourth-order valence-electron chi connectivity index (χ4n) is 4.27. The number of anilines is 7. The van der Waals surface area contributed by atoms with Gasteiger partial charge in [-0.25, -0.2) is 13.4 Å². The Bertz CT molecular complexity index is 1820. The Labute approximate surface area is 274 Å².